The van der Waals surface area contributed by atoms with Crippen molar-refractivity contribution in [1.82, 2.24) is 10.3 Å². The average Bonchev–Trinajstić information content (AvgIpc) is 3.32. The van der Waals surface area contributed by atoms with Crippen molar-refractivity contribution in [3.63, 3.8) is 0 Å². The highest BCUT2D eigenvalue weighted by molar-refractivity contribution is 6.32. The van der Waals surface area contributed by atoms with Crippen molar-refractivity contribution in [3.8, 4) is 11.3 Å². The summed E-state index contributed by atoms with van der Waals surface area (Å²) >= 11 is 6.27. The summed E-state index contributed by atoms with van der Waals surface area (Å²) in [6.07, 6.45) is 0. The Kier molecular flexibility index (Phi) is 4.06. The summed E-state index contributed by atoms with van der Waals surface area (Å²) in [6, 6.07) is 22.4. The normalized spacial score (nSPS) is 12.8. The average molecular weight is 388 g/mol. The first kappa shape index (κ1) is 16.9. The van der Waals surface area contributed by atoms with Crippen LogP contribution in [0.3, 0.4) is 0 Å². The highest BCUT2D eigenvalue weighted by Crippen LogP contribution is 2.34. The largest absolute Gasteiger partial charge is 0.381 e. The molecule has 4 nitrogen and oxygen atoms in total. The van der Waals surface area contributed by atoms with Crippen LogP contribution >= 0.6 is 11.6 Å². The number of H-pyrrole nitrogens is 1. The molecule has 1 aromatic heterocycles. The van der Waals surface area contributed by atoms with Gasteiger partial charge in [0.25, 0.3) is 5.91 Å². The standard InChI is InChI=1S/C23H18ClN3O/c24-19-8-7-17(22-18(19)13-26-23(22)28)21-11-15-10-14(6-9-20(15)27-21)12-25-16-4-2-1-3-5-16/h1-11,25,27H,12-13H2,(H,26,28). The fourth-order valence-corrected chi connectivity index (χ4v) is 3.96. The van der Waals surface area contributed by atoms with E-state index >= 15 is 0 Å². The van der Waals surface area contributed by atoms with Crippen LogP contribution in [0.2, 0.25) is 5.02 Å². The summed E-state index contributed by atoms with van der Waals surface area (Å²) in [5.74, 6) is -0.0705. The number of para-hydroxylation sites is 1. The van der Waals surface area contributed by atoms with Crippen molar-refractivity contribution in [1.29, 1.82) is 0 Å². The van der Waals surface area contributed by atoms with Crippen molar-refractivity contribution >= 4 is 34.1 Å². The summed E-state index contributed by atoms with van der Waals surface area (Å²) in [4.78, 5) is 15.7. The predicted molar refractivity (Wildman–Crippen MR) is 114 cm³/mol. The minimum Gasteiger partial charge on any atom is -0.381 e. The number of hydrogen-bond acceptors (Lipinski definition) is 2. The molecule has 0 saturated heterocycles. The fourth-order valence-electron chi connectivity index (χ4n) is 3.73. The van der Waals surface area contributed by atoms with E-state index in [-0.39, 0.29) is 5.91 Å². The van der Waals surface area contributed by atoms with Gasteiger partial charge >= 0.3 is 0 Å². The molecule has 138 valence electrons. The molecule has 3 N–H and O–H groups in total. The molecule has 3 aromatic carbocycles. The lowest BCUT2D eigenvalue weighted by atomic mass is 10.0. The first-order valence-corrected chi connectivity index (χ1v) is 9.57. The molecule has 1 aliphatic rings. The van der Waals surface area contributed by atoms with Gasteiger partial charge in [0, 0.05) is 51.5 Å². The van der Waals surface area contributed by atoms with E-state index in [1.807, 2.05) is 30.3 Å². The number of nitrogens with one attached hydrogen (secondary N) is 3. The third-order valence-corrected chi connectivity index (χ3v) is 5.51. The Morgan fingerprint density at radius 1 is 1.00 bits per heavy atom. The van der Waals surface area contributed by atoms with Gasteiger partial charge < -0.3 is 15.6 Å². The quantitative estimate of drug-likeness (QED) is 0.442. The Labute approximate surface area is 167 Å². The van der Waals surface area contributed by atoms with Gasteiger partial charge in [-0.2, -0.15) is 0 Å². The van der Waals surface area contributed by atoms with Crippen LogP contribution in [0, 0.1) is 0 Å². The van der Waals surface area contributed by atoms with E-state index < -0.39 is 0 Å². The van der Waals surface area contributed by atoms with Crippen molar-refractivity contribution in [2.45, 2.75) is 13.1 Å². The molecule has 0 fully saturated rings. The minimum absolute atomic E-state index is 0.0705. The molecular weight excluding hydrogens is 370 g/mol. The molecule has 0 radical (unpaired) electrons. The van der Waals surface area contributed by atoms with Gasteiger partial charge in [0.05, 0.1) is 5.56 Å². The zero-order valence-corrected chi connectivity index (χ0v) is 15.8. The summed E-state index contributed by atoms with van der Waals surface area (Å²) in [5, 5.41) is 8.04. The number of halogens is 1. The maximum atomic E-state index is 12.3. The van der Waals surface area contributed by atoms with Crippen LogP contribution in [0.4, 0.5) is 5.69 Å². The Bertz CT molecular complexity index is 1200. The van der Waals surface area contributed by atoms with Crippen molar-refractivity contribution in [2.24, 2.45) is 0 Å². The van der Waals surface area contributed by atoms with Crippen molar-refractivity contribution in [2.75, 3.05) is 5.32 Å². The number of aromatic nitrogens is 1. The van der Waals surface area contributed by atoms with Crippen LogP contribution in [-0.2, 0) is 13.1 Å². The van der Waals surface area contributed by atoms with Gasteiger partial charge in [-0.05, 0) is 42.0 Å². The van der Waals surface area contributed by atoms with E-state index in [0.29, 0.717) is 17.1 Å². The number of carbonyl (C=O) groups excluding carboxylic acids is 1. The van der Waals surface area contributed by atoms with Gasteiger partial charge in [-0.3, -0.25) is 4.79 Å². The number of anilines is 1. The maximum absolute atomic E-state index is 12.3. The van der Waals surface area contributed by atoms with Crippen LogP contribution in [-0.4, -0.2) is 10.9 Å². The van der Waals surface area contributed by atoms with Crippen LogP contribution in [0.25, 0.3) is 22.2 Å². The van der Waals surface area contributed by atoms with Crippen molar-refractivity contribution < 1.29 is 4.79 Å². The molecule has 4 aromatic rings. The maximum Gasteiger partial charge on any atom is 0.252 e. The fraction of sp³-hybridized carbons (Fsp3) is 0.0870. The second-order valence-electron chi connectivity index (χ2n) is 6.96. The zero-order valence-electron chi connectivity index (χ0n) is 15.1. The molecule has 1 aliphatic heterocycles. The van der Waals surface area contributed by atoms with Crippen LogP contribution in [0.5, 0.6) is 0 Å². The molecule has 5 heteroatoms. The molecular formula is C23H18ClN3O. The van der Waals surface area contributed by atoms with Gasteiger partial charge in [-0.15, -0.1) is 0 Å². The third-order valence-electron chi connectivity index (χ3n) is 5.15. The number of hydrogen-bond donors (Lipinski definition) is 3. The third kappa shape index (κ3) is 2.92. The second-order valence-corrected chi connectivity index (χ2v) is 7.36. The molecule has 2 heterocycles. The summed E-state index contributed by atoms with van der Waals surface area (Å²) in [6.45, 7) is 1.23. The molecule has 0 saturated carbocycles. The summed E-state index contributed by atoms with van der Waals surface area (Å²) in [7, 11) is 0. The van der Waals surface area contributed by atoms with E-state index in [2.05, 4.69) is 52.0 Å². The lowest BCUT2D eigenvalue weighted by Crippen LogP contribution is -2.13. The van der Waals surface area contributed by atoms with E-state index in [0.717, 1.165) is 40.0 Å². The highest BCUT2D eigenvalue weighted by Gasteiger charge is 2.26. The molecule has 5 rings (SSSR count). The Balaban J connectivity index is 1.48. The molecule has 0 unspecified atom stereocenters. The number of rotatable bonds is 4. The molecule has 0 spiro atoms. The minimum atomic E-state index is -0.0705. The van der Waals surface area contributed by atoms with Gasteiger partial charge in [-0.1, -0.05) is 41.9 Å². The lowest BCUT2D eigenvalue weighted by molar-refractivity contribution is 0.0966. The zero-order chi connectivity index (χ0) is 19.1. The summed E-state index contributed by atoms with van der Waals surface area (Å²) < 4.78 is 0. The lowest BCUT2D eigenvalue weighted by Gasteiger charge is -2.06. The van der Waals surface area contributed by atoms with Crippen LogP contribution in [0.15, 0.2) is 66.7 Å². The monoisotopic (exact) mass is 387 g/mol. The molecule has 0 aliphatic carbocycles. The topological polar surface area (TPSA) is 56.9 Å². The number of amides is 1. The Morgan fingerprint density at radius 3 is 2.71 bits per heavy atom. The second kappa shape index (κ2) is 6.73. The smallest absolute Gasteiger partial charge is 0.252 e. The van der Waals surface area contributed by atoms with Gasteiger partial charge in [0.1, 0.15) is 0 Å². The number of fused-ring (bicyclic) bond motifs is 2. The van der Waals surface area contributed by atoms with Gasteiger partial charge in [0.2, 0.25) is 0 Å². The highest BCUT2D eigenvalue weighted by atomic mass is 35.5. The van der Waals surface area contributed by atoms with Crippen LogP contribution in [0.1, 0.15) is 21.5 Å². The molecule has 0 bridgehead atoms. The van der Waals surface area contributed by atoms with E-state index in [1.54, 1.807) is 0 Å². The first-order valence-electron chi connectivity index (χ1n) is 9.19. The Hall–Kier alpha value is -3.24. The van der Waals surface area contributed by atoms with E-state index in [4.69, 9.17) is 11.6 Å². The molecule has 0 atom stereocenters. The van der Waals surface area contributed by atoms with Crippen molar-refractivity contribution in [3.05, 3.63) is 88.4 Å². The van der Waals surface area contributed by atoms with E-state index in [1.165, 1.54) is 5.56 Å². The molecule has 1 amide bonds. The van der Waals surface area contributed by atoms with Gasteiger partial charge in [-0.25, -0.2) is 0 Å². The molecule has 28 heavy (non-hydrogen) atoms. The SMILES string of the molecule is O=C1NCc2c(Cl)ccc(-c3cc4cc(CNc5ccccc5)ccc4[nH]3)c21. The first-order chi connectivity index (χ1) is 13.7. The number of benzene rings is 3. The predicted octanol–water partition coefficient (Wildman–Crippen LogP) is 5.34. The number of aromatic amines is 1. The summed E-state index contributed by atoms with van der Waals surface area (Å²) in [5.41, 5.74) is 6.69. The van der Waals surface area contributed by atoms with Crippen LogP contribution < -0.4 is 10.6 Å². The Morgan fingerprint density at radius 2 is 1.86 bits per heavy atom. The van der Waals surface area contributed by atoms with E-state index in [9.17, 15) is 4.79 Å². The number of carbonyl (C=O) groups is 1. The van der Waals surface area contributed by atoms with Gasteiger partial charge in [0.15, 0.2) is 0 Å².